The molecule has 2 N–H and O–H groups in total. The van der Waals surface area contributed by atoms with Gasteiger partial charge >= 0.3 is 18.0 Å². The van der Waals surface area contributed by atoms with Gasteiger partial charge < -0.3 is 19.9 Å². The Morgan fingerprint density at radius 1 is 1.05 bits per heavy atom. The highest BCUT2D eigenvalue weighted by Crippen LogP contribution is 2.14. The lowest BCUT2D eigenvalue weighted by Crippen LogP contribution is -2.34. The highest BCUT2D eigenvalue weighted by Gasteiger charge is 2.19. The maximum Gasteiger partial charge on any atom is 0.410 e. The first kappa shape index (κ1) is 20.2. The minimum atomic E-state index is -0.988. The number of rotatable bonds is 9. The third kappa shape index (κ3) is 10.0. The fraction of sp³-hybridized carbons (Fsp3) is 0.800. The number of carbonyl (C=O) groups excluding carboxylic acids is 2. The fourth-order valence-corrected chi connectivity index (χ4v) is 1.90. The number of amides is 1. The number of carbonyl (C=O) groups is 3. The molecule has 0 aromatic carbocycles. The largest absolute Gasteiger partial charge is 0.481 e. The normalized spacial score (nSPS) is 13.6. The third-order valence-corrected chi connectivity index (χ3v) is 2.83. The fourth-order valence-electron chi connectivity index (χ4n) is 1.90. The number of hydrogen-bond donors (Lipinski definition) is 2. The molecule has 0 spiro atoms. The Morgan fingerprint density at radius 2 is 1.64 bits per heavy atom. The van der Waals surface area contributed by atoms with Crippen LogP contribution in [0.1, 0.15) is 47.5 Å². The minimum Gasteiger partial charge on any atom is -0.481 e. The Balaban J connectivity index is 4.22. The number of carboxylic acid groups (broad SMARTS) is 1. The molecule has 0 aromatic rings. The molecule has 0 heterocycles. The van der Waals surface area contributed by atoms with E-state index in [1.807, 2.05) is 13.8 Å². The molecule has 0 aliphatic rings. The number of hydrogen-bond acceptors (Lipinski definition) is 5. The molecule has 7 heteroatoms. The maximum absolute atomic E-state index is 11.6. The summed E-state index contributed by atoms with van der Waals surface area (Å²) in [4.78, 5) is 33.8. The molecule has 0 aliphatic heterocycles. The van der Waals surface area contributed by atoms with E-state index >= 15 is 0 Å². The van der Waals surface area contributed by atoms with E-state index < -0.39 is 24.3 Å². The van der Waals surface area contributed by atoms with Crippen molar-refractivity contribution >= 4 is 18.0 Å². The van der Waals surface area contributed by atoms with E-state index in [4.69, 9.17) is 14.6 Å². The van der Waals surface area contributed by atoms with Gasteiger partial charge in [-0.3, -0.25) is 9.59 Å². The lowest BCUT2D eigenvalue weighted by Gasteiger charge is -2.19. The van der Waals surface area contributed by atoms with Crippen LogP contribution in [-0.2, 0) is 19.1 Å². The summed E-state index contributed by atoms with van der Waals surface area (Å²) in [7, 11) is 0. The second-order valence-electron chi connectivity index (χ2n) is 6.04. The summed E-state index contributed by atoms with van der Waals surface area (Å²) in [6, 6.07) is 0. The van der Waals surface area contributed by atoms with Crippen molar-refractivity contribution in [2.45, 2.75) is 53.8 Å². The van der Waals surface area contributed by atoms with E-state index in [9.17, 15) is 14.4 Å². The van der Waals surface area contributed by atoms with Crippen LogP contribution in [0.4, 0.5) is 4.79 Å². The average molecular weight is 317 g/mol. The van der Waals surface area contributed by atoms with Crippen molar-refractivity contribution in [1.82, 2.24) is 5.32 Å². The molecule has 1 amide bonds. The third-order valence-electron chi connectivity index (χ3n) is 2.83. The Hall–Kier alpha value is -1.79. The first-order valence-electron chi connectivity index (χ1n) is 7.48. The quantitative estimate of drug-likeness (QED) is 0.500. The number of nitrogens with one attached hydrogen (secondary N) is 1. The van der Waals surface area contributed by atoms with Crippen LogP contribution in [0.3, 0.4) is 0 Å². The standard InChI is InChI=1S/C15H27NO6/c1-9(2)6-12(7-13(17)18)8-16-15(20)22-11(5)21-14(19)10(3)4/h9-12H,6-8H2,1-5H3,(H,16,20)(H,17,18)/t11-,12-/m0/s1. The van der Waals surface area contributed by atoms with Gasteiger partial charge in [-0.2, -0.15) is 0 Å². The first-order valence-corrected chi connectivity index (χ1v) is 7.48. The van der Waals surface area contributed by atoms with Crippen LogP contribution < -0.4 is 5.32 Å². The molecule has 0 aliphatic carbocycles. The maximum atomic E-state index is 11.6. The zero-order chi connectivity index (χ0) is 17.3. The van der Waals surface area contributed by atoms with Gasteiger partial charge in [0, 0.05) is 19.9 Å². The highest BCUT2D eigenvalue weighted by molar-refractivity contribution is 5.72. The van der Waals surface area contributed by atoms with Crippen molar-refractivity contribution in [3.05, 3.63) is 0 Å². The lowest BCUT2D eigenvalue weighted by atomic mass is 9.94. The number of ether oxygens (including phenoxy) is 2. The van der Waals surface area contributed by atoms with E-state index in [0.717, 1.165) is 0 Å². The summed E-state index contributed by atoms with van der Waals surface area (Å²) in [6.07, 6.45) is -1.05. The Morgan fingerprint density at radius 3 is 2.09 bits per heavy atom. The topological polar surface area (TPSA) is 102 Å². The SMILES string of the molecule is CC(C)C[C@H](CNC(=O)O[C@@H](C)OC(=O)C(C)C)CC(=O)O. The summed E-state index contributed by atoms with van der Waals surface area (Å²) in [5.41, 5.74) is 0. The zero-order valence-electron chi connectivity index (χ0n) is 13.9. The van der Waals surface area contributed by atoms with Crippen LogP contribution in [0.5, 0.6) is 0 Å². The number of aliphatic carboxylic acids is 1. The van der Waals surface area contributed by atoms with Gasteiger partial charge in [0.15, 0.2) is 0 Å². The molecule has 0 rings (SSSR count). The van der Waals surface area contributed by atoms with Gasteiger partial charge in [0.2, 0.25) is 6.29 Å². The smallest absolute Gasteiger partial charge is 0.410 e. The van der Waals surface area contributed by atoms with Crippen LogP contribution in [0.25, 0.3) is 0 Å². The van der Waals surface area contributed by atoms with Crippen molar-refractivity contribution in [1.29, 1.82) is 0 Å². The van der Waals surface area contributed by atoms with E-state index in [1.54, 1.807) is 13.8 Å². The molecule has 22 heavy (non-hydrogen) atoms. The van der Waals surface area contributed by atoms with Gasteiger partial charge in [0.1, 0.15) is 0 Å². The first-order chi connectivity index (χ1) is 10.1. The van der Waals surface area contributed by atoms with Crippen molar-refractivity contribution in [3.63, 3.8) is 0 Å². The van der Waals surface area contributed by atoms with E-state index in [2.05, 4.69) is 5.32 Å². The van der Waals surface area contributed by atoms with Crippen LogP contribution >= 0.6 is 0 Å². The summed E-state index contributed by atoms with van der Waals surface area (Å²) in [5, 5.41) is 11.4. The highest BCUT2D eigenvalue weighted by atomic mass is 16.7. The van der Waals surface area contributed by atoms with E-state index in [-0.39, 0.29) is 24.8 Å². The molecule has 0 unspecified atom stereocenters. The van der Waals surface area contributed by atoms with Crippen molar-refractivity contribution in [2.75, 3.05) is 6.54 Å². The van der Waals surface area contributed by atoms with Crippen molar-refractivity contribution in [3.8, 4) is 0 Å². The van der Waals surface area contributed by atoms with Crippen LogP contribution in [0.2, 0.25) is 0 Å². The molecule has 0 fully saturated rings. The van der Waals surface area contributed by atoms with Crippen LogP contribution in [0, 0.1) is 17.8 Å². The Kier molecular flexibility index (Phi) is 9.21. The molecular formula is C15H27NO6. The lowest BCUT2D eigenvalue weighted by molar-refractivity contribution is -0.168. The van der Waals surface area contributed by atoms with Crippen LogP contribution in [0.15, 0.2) is 0 Å². The summed E-state index contributed by atoms with van der Waals surface area (Å²) >= 11 is 0. The van der Waals surface area contributed by atoms with Gasteiger partial charge in [-0.1, -0.05) is 27.7 Å². The second-order valence-corrected chi connectivity index (χ2v) is 6.04. The van der Waals surface area contributed by atoms with Crippen molar-refractivity contribution in [2.24, 2.45) is 17.8 Å². The van der Waals surface area contributed by atoms with Gasteiger partial charge in [-0.05, 0) is 18.3 Å². The number of esters is 1. The molecule has 128 valence electrons. The number of alkyl carbamates (subject to hydrolysis) is 1. The van der Waals surface area contributed by atoms with Crippen molar-refractivity contribution < 1.29 is 29.0 Å². The average Bonchev–Trinajstić information content (AvgIpc) is 2.34. The molecule has 0 radical (unpaired) electrons. The summed E-state index contributed by atoms with van der Waals surface area (Å²) < 4.78 is 9.79. The Bertz CT molecular complexity index is 380. The monoisotopic (exact) mass is 317 g/mol. The second kappa shape index (κ2) is 10.0. The minimum absolute atomic E-state index is 0.0175. The molecule has 2 atom stereocenters. The molecule has 0 aromatic heterocycles. The van der Waals surface area contributed by atoms with Gasteiger partial charge in [-0.25, -0.2) is 4.79 Å². The predicted molar refractivity (Wildman–Crippen MR) is 80.1 cm³/mol. The molecule has 0 saturated heterocycles. The van der Waals surface area contributed by atoms with E-state index in [1.165, 1.54) is 6.92 Å². The molecule has 0 bridgehead atoms. The zero-order valence-corrected chi connectivity index (χ0v) is 13.9. The molecule has 7 nitrogen and oxygen atoms in total. The molecule has 0 saturated carbocycles. The van der Waals surface area contributed by atoms with Gasteiger partial charge in [0.25, 0.3) is 0 Å². The summed E-state index contributed by atoms with van der Waals surface area (Å²) in [6.45, 7) is 8.98. The molecular weight excluding hydrogens is 290 g/mol. The Labute approximate surface area is 131 Å². The van der Waals surface area contributed by atoms with Gasteiger partial charge in [-0.15, -0.1) is 0 Å². The predicted octanol–water partition coefficient (Wildman–Crippen LogP) is 2.39. The number of carboxylic acids is 1. The van der Waals surface area contributed by atoms with Crippen LogP contribution in [-0.4, -0.2) is 36.0 Å². The van der Waals surface area contributed by atoms with E-state index in [0.29, 0.717) is 12.3 Å². The van der Waals surface area contributed by atoms with Gasteiger partial charge in [0.05, 0.1) is 5.92 Å². The summed E-state index contributed by atoms with van der Waals surface area (Å²) in [5.74, 6) is -1.50.